The van der Waals surface area contributed by atoms with Crippen molar-refractivity contribution in [3.05, 3.63) is 23.2 Å². The Morgan fingerprint density at radius 2 is 1.96 bits per heavy atom. The highest BCUT2D eigenvalue weighted by molar-refractivity contribution is 7.89. The van der Waals surface area contributed by atoms with Gasteiger partial charge in [0.15, 0.2) is 0 Å². The van der Waals surface area contributed by atoms with E-state index in [1.54, 1.807) is 6.07 Å². The lowest BCUT2D eigenvalue weighted by Crippen LogP contribution is -2.48. The van der Waals surface area contributed by atoms with Crippen molar-refractivity contribution in [2.75, 3.05) is 33.4 Å². The molecular weight excluding hydrogens is 364 g/mol. The van der Waals surface area contributed by atoms with Gasteiger partial charge in [-0.2, -0.15) is 4.31 Å². The highest BCUT2D eigenvalue weighted by Crippen LogP contribution is 2.31. The van der Waals surface area contributed by atoms with Gasteiger partial charge in [-0.1, -0.05) is 11.6 Å². The number of rotatable bonds is 5. The molecule has 0 amide bonds. The normalized spacial score (nSPS) is 23.9. The first-order valence-electron chi connectivity index (χ1n) is 8.67. The van der Waals surface area contributed by atoms with E-state index in [2.05, 4.69) is 4.90 Å². The third-order valence-electron chi connectivity index (χ3n) is 5.29. The van der Waals surface area contributed by atoms with Crippen LogP contribution in [0.3, 0.4) is 0 Å². The van der Waals surface area contributed by atoms with Crippen LogP contribution in [0.5, 0.6) is 5.75 Å². The number of likely N-dealkylation sites (tertiary alicyclic amines) is 1. The largest absolute Gasteiger partial charge is 0.495 e. The average Bonchev–Trinajstić information content (AvgIpc) is 3.10. The summed E-state index contributed by atoms with van der Waals surface area (Å²) in [6.07, 6.45) is 3.71. The van der Waals surface area contributed by atoms with Gasteiger partial charge in [-0.3, -0.25) is 4.90 Å². The molecule has 0 bridgehead atoms. The zero-order valence-electron chi connectivity index (χ0n) is 14.4. The second-order valence-corrected chi connectivity index (χ2v) is 8.99. The molecule has 0 aromatic heterocycles. The molecule has 0 aliphatic carbocycles. The van der Waals surface area contributed by atoms with Gasteiger partial charge in [0.1, 0.15) is 5.75 Å². The van der Waals surface area contributed by atoms with E-state index in [9.17, 15) is 13.5 Å². The first-order chi connectivity index (χ1) is 12.0. The Bertz CT molecular complexity index is 705. The molecule has 8 heteroatoms. The summed E-state index contributed by atoms with van der Waals surface area (Å²) < 4.78 is 32.3. The van der Waals surface area contributed by atoms with Crippen LogP contribution in [0.1, 0.15) is 25.7 Å². The summed E-state index contributed by atoms with van der Waals surface area (Å²) in [6, 6.07) is 5.15. The van der Waals surface area contributed by atoms with Gasteiger partial charge in [0.2, 0.25) is 10.0 Å². The van der Waals surface area contributed by atoms with Gasteiger partial charge in [0, 0.05) is 25.2 Å². The molecule has 1 N–H and O–H groups in total. The van der Waals surface area contributed by atoms with Crippen LogP contribution in [0.4, 0.5) is 0 Å². The Kier molecular flexibility index (Phi) is 5.90. The molecule has 2 heterocycles. The lowest BCUT2D eigenvalue weighted by Gasteiger charge is -2.38. The second kappa shape index (κ2) is 7.80. The predicted molar refractivity (Wildman–Crippen MR) is 96.6 cm³/mol. The minimum absolute atomic E-state index is 0.183. The van der Waals surface area contributed by atoms with Crippen molar-refractivity contribution in [1.82, 2.24) is 9.21 Å². The van der Waals surface area contributed by atoms with E-state index in [-0.39, 0.29) is 17.5 Å². The number of sulfonamides is 1. The Hall–Kier alpha value is -0.860. The third-order valence-corrected chi connectivity index (χ3v) is 7.48. The van der Waals surface area contributed by atoms with E-state index in [0.29, 0.717) is 29.9 Å². The molecule has 0 spiro atoms. The van der Waals surface area contributed by atoms with Crippen LogP contribution in [0.25, 0.3) is 0 Å². The minimum Gasteiger partial charge on any atom is -0.495 e. The molecule has 0 radical (unpaired) electrons. The molecule has 0 saturated carbocycles. The predicted octanol–water partition coefficient (Wildman–Crippen LogP) is 1.96. The molecule has 1 aromatic carbocycles. The maximum atomic E-state index is 12.9. The van der Waals surface area contributed by atoms with E-state index in [1.165, 1.54) is 23.5 Å². The van der Waals surface area contributed by atoms with Crippen LogP contribution in [0.15, 0.2) is 23.1 Å². The van der Waals surface area contributed by atoms with E-state index in [1.807, 2.05) is 0 Å². The van der Waals surface area contributed by atoms with Crippen molar-refractivity contribution in [2.45, 2.75) is 42.7 Å². The zero-order valence-corrected chi connectivity index (χ0v) is 16.0. The maximum Gasteiger partial charge on any atom is 0.243 e. The monoisotopic (exact) mass is 388 g/mol. The number of benzene rings is 1. The van der Waals surface area contributed by atoms with Gasteiger partial charge >= 0.3 is 0 Å². The number of aliphatic hydroxyl groups is 1. The lowest BCUT2D eigenvalue weighted by molar-refractivity contribution is 0.0899. The van der Waals surface area contributed by atoms with Gasteiger partial charge in [-0.25, -0.2) is 8.42 Å². The van der Waals surface area contributed by atoms with Crippen molar-refractivity contribution < 1.29 is 18.3 Å². The van der Waals surface area contributed by atoms with Gasteiger partial charge in [0.05, 0.1) is 23.6 Å². The van der Waals surface area contributed by atoms with Crippen molar-refractivity contribution in [3.8, 4) is 5.75 Å². The van der Waals surface area contributed by atoms with E-state index in [0.717, 1.165) is 32.2 Å². The molecular formula is C17H25ClN2O4S. The van der Waals surface area contributed by atoms with E-state index in [4.69, 9.17) is 16.3 Å². The SMILES string of the molecule is COc1ccc(S(=O)(=O)N2CCC(N3CCCC3CO)CC2)cc1Cl. The summed E-state index contributed by atoms with van der Waals surface area (Å²) in [6.45, 7) is 2.16. The fraction of sp³-hybridized carbons (Fsp3) is 0.647. The number of nitrogens with zero attached hydrogens (tertiary/aromatic N) is 2. The van der Waals surface area contributed by atoms with E-state index >= 15 is 0 Å². The van der Waals surface area contributed by atoms with Gasteiger partial charge in [-0.05, 0) is 50.4 Å². The van der Waals surface area contributed by atoms with Crippen LogP contribution in [0.2, 0.25) is 5.02 Å². The number of aliphatic hydroxyl groups excluding tert-OH is 1. The molecule has 2 fully saturated rings. The smallest absolute Gasteiger partial charge is 0.243 e. The quantitative estimate of drug-likeness (QED) is 0.834. The molecule has 3 rings (SSSR count). The van der Waals surface area contributed by atoms with Crippen LogP contribution in [-0.4, -0.2) is 68.2 Å². The third kappa shape index (κ3) is 3.80. The molecule has 1 aromatic rings. The Labute approximate surface area is 154 Å². The van der Waals surface area contributed by atoms with Gasteiger partial charge in [0.25, 0.3) is 0 Å². The van der Waals surface area contributed by atoms with Gasteiger partial charge in [-0.15, -0.1) is 0 Å². The lowest BCUT2D eigenvalue weighted by atomic mass is 10.0. The molecule has 2 aliphatic rings. The highest BCUT2D eigenvalue weighted by Gasteiger charge is 2.35. The van der Waals surface area contributed by atoms with Crippen molar-refractivity contribution >= 4 is 21.6 Å². The van der Waals surface area contributed by atoms with E-state index < -0.39 is 10.0 Å². The Morgan fingerprint density at radius 3 is 2.56 bits per heavy atom. The van der Waals surface area contributed by atoms with Crippen molar-refractivity contribution in [2.24, 2.45) is 0 Å². The summed E-state index contributed by atoms with van der Waals surface area (Å²) >= 11 is 6.08. The Balaban J connectivity index is 1.68. The first kappa shape index (κ1) is 18.9. The topological polar surface area (TPSA) is 70.1 Å². The number of methoxy groups -OCH3 is 1. The van der Waals surface area contributed by atoms with Crippen LogP contribution in [-0.2, 0) is 10.0 Å². The molecule has 140 valence electrons. The number of ether oxygens (including phenoxy) is 1. The Morgan fingerprint density at radius 1 is 1.24 bits per heavy atom. The summed E-state index contributed by atoms with van der Waals surface area (Å²) in [4.78, 5) is 2.56. The molecule has 1 atom stereocenters. The second-order valence-electron chi connectivity index (χ2n) is 6.65. The first-order valence-corrected chi connectivity index (χ1v) is 10.5. The standard InChI is InChI=1S/C17H25ClN2O4S/c1-24-17-5-4-15(11-16(17)18)25(22,23)19-9-6-13(7-10-19)20-8-2-3-14(20)12-21/h4-5,11,13-14,21H,2-3,6-10,12H2,1H3. The molecule has 1 unspecified atom stereocenters. The van der Waals surface area contributed by atoms with Crippen molar-refractivity contribution in [3.63, 3.8) is 0 Å². The highest BCUT2D eigenvalue weighted by atomic mass is 35.5. The fourth-order valence-electron chi connectivity index (χ4n) is 3.91. The van der Waals surface area contributed by atoms with Crippen LogP contribution in [0, 0.1) is 0 Å². The minimum atomic E-state index is -3.55. The summed E-state index contributed by atoms with van der Waals surface area (Å²) in [5.74, 6) is 0.461. The molecule has 2 saturated heterocycles. The van der Waals surface area contributed by atoms with Gasteiger partial charge < -0.3 is 9.84 Å². The summed E-state index contributed by atoms with van der Waals surface area (Å²) in [5.41, 5.74) is 0. The zero-order chi connectivity index (χ0) is 18.0. The summed E-state index contributed by atoms with van der Waals surface area (Å²) in [7, 11) is -2.05. The number of hydrogen-bond donors (Lipinski definition) is 1. The van der Waals surface area contributed by atoms with Crippen LogP contribution >= 0.6 is 11.6 Å². The molecule has 25 heavy (non-hydrogen) atoms. The number of piperidine rings is 1. The number of hydrogen-bond acceptors (Lipinski definition) is 5. The maximum absolute atomic E-state index is 12.9. The van der Waals surface area contributed by atoms with Crippen molar-refractivity contribution in [1.29, 1.82) is 0 Å². The summed E-state index contributed by atoms with van der Waals surface area (Å²) in [5, 5.41) is 9.79. The van der Waals surface area contributed by atoms with Crippen LogP contribution < -0.4 is 4.74 Å². The molecule has 6 nitrogen and oxygen atoms in total. The fourth-order valence-corrected chi connectivity index (χ4v) is 5.72. The average molecular weight is 389 g/mol. The number of halogens is 1. The molecule has 2 aliphatic heterocycles.